The van der Waals surface area contributed by atoms with E-state index in [0.29, 0.717) is 42.9 Å². The van der Waals surface area contributed by atoms with Crippen LogP contribution in [-0.4, -0.2) is 58.6 Å². The number of carbonyl (C=O) groups excluding carboxylic acids is 3. The number of thiazole rings is 1. The molecule has 0 saturated carbocycles. The van der Waals surface area contributed by atoms with Crippen molar-refractivity contribution < 1.29 is 14.4 Å². The molecule has 3 aromatic rings. The van der Waals surface area contributed by atoms with Crippen LogP contribution in [0.2, 0.25) is 0 Å². The number of aliphatic imine (C=N–C) groups is 1. The fourth-order valence-electron chi connectivity index (χ4n) is 4.20. The van der Waals surface area contributed by atoms with Gasteiger partial charge in [0, 0.05) is 18.7 Å². The standard InChI is InChI=1S/C25H28N6O3S/c26-25(27)28-14-6-11-18(21(32)23-30-17-10-4-5-13-20(17)35-23)29-22(33)19-12-7-15-31(19)24(34)16-8-2-1-3-9-16/h1-5,8-10,13,18-19H,6-7,11-12,14-15H2,(H,29,33)(H4,26,27,28)/t18?,19-/m0/s1. The lowest BCUT2D eigenvalue weighted by atomic mass is 10.1. The second-order valence-electron chi connectivity index (χ2n) is 8.38. The van der Waals surface area contributed by atoms with Gasteiger partial charge in [-0.1, -0.05) is 30.3 Å². The summed E-state index contributed by atoms with van der Waals surface area (Å²) in [7, 11) is 0. The monoisotopic (exact) mass is 492 g/mol. The van der Waals surface area contributed by atoms with Gasteiger partial charge in [-0.05, 0) is 49.9 Å². The average Bonchev–Trinajstić information content (AvgIpc) is 3.53. The smallest absolute Gasteiger partial charge is 0.254 e. The molecule has 4 rings (SSSR count). The van der Waals surface area contributed by atoms with Crippen LogP contribution >= 0.6 is 11.3 Å². The van der Waals surface area contributed by atoms with Crippen molar-refractivity contribution in [1.29, 1.82) is 0 Å². The Hall–Kier alpha value is -3.79. The van der Waals surface area contributed by atoms with E-state index < -0.39 is 12.1 Å². The largest absolute Gasteiger partial charge is 0.370 e. The van der Waals surface area contributed by atoms with Crippen LogP contribution < -0.4 is 16.8 Å². The SMILES string of the molecule is NC(N)=NCCCC(NC(=O)[C@@H]1CCCN1C(=O)c1ccccc1)C(=O)c1nc2ccccc2s1. The van der Waals surface area contributed by atoms with E-state index in [1.165, 1.54) is 11.3 Å². The number of nitrogens with one attached hydrogen (secondary N) is 1. The van der Waals surface area contributed by atoms with Gasteiger partial charge in [-0.2, -0.15) is 0 Å². The Kier molecular flexibility index (Phi) is 7.71. The highest BCUT2D eigenvalue weighted by atomic mass is 32.1. The number of guanidine groups is 1. The van der Waals surface area contributed by atoms with Gasteiger partial charge in [0.15, 0.2) is 11.0 Å². The maximum absolute atomic E-state index is 13.4. The minimum absolute atomic E-state index is 0.0240. The highest BCUT2D eigenvalue weighted by Crippen LogP contribution is 2.24. The van der Waals surface area contributed by atoms with Crippen molar-refractivity contribution in [3.8, 4) is 0 Å². The summed E-state index contributed by atoms with van der Waals surface area (Å²) in [6, 6.07) is 15.0. The zero-order valence-electron chi connectivity index (χ0n) is 19.2. The fraction of sp³-hybridized carbons (Fsp3) is 0.320. The number of benzene rings is 2. The molecule has 182 valence electrons. The third-order valence-corrected chi connectivity index (χ3v) is 6.97. The molecule has 35 heavy (non-hydrogen) atoms. The molecule has 2 atom stereocenters. The summed E-state index contributed by atoms with van der Waals surface area (Å²) in [5.74, 6) is -0.814. The van der Waals surface area contributed by atoms with Gasteiger partial charge in [0.1, 0.15) is 6.04 Å². The molecule has 1 fully saturated rings. The number of para-hydroxylation sites is 1. The van der Waals surface area contributed by atoms with Crippen LogP contribution in [0.3, 0.4) is 0 Å². The Bertz CT molecular complexity index is 1210. The number of nitrogens with zero attached hydrogens (tertiary/aromatic N) is 3. The Morgan fingerprint density at radius 1 is 1.11 bits per heavy atom. The quantitative estimate of drug-likeness (QED) is 0.181. The van der Waals surface area contributed by atoms with Gasteiger partial charge in [0.25, 0.3) is 5.91 Å². The lowest BCUT2D eigenvalue weighted by Gasteiger charge is -2.26. The maximum atomic E-state index is 13.4. The van der Waals surface area contributed by atoms with E-state index in [1.807, 2.05) is 30.3 Å². The van der Waals surface area contributed by atoms with Gasteiger partial charge < -0.3 is 21.7 Å². The lowest BCUT2D eigenvalue weighted by molar-refractivity contribution is -0.125. The second-order valence-corrected chi connectivity index (χ2v) is 9.41. The van der Waals surface area contributed by atoms with E-state index >= 15 is 0 Å². The Labute approximate surface area is 207 Å². The van der Waals surface area contributed by atoms with E-state index in [-0.39, 0.29) is 23.6 Å². The van der Waals surface area contributed by atoms with Crippen molar-refractivity contribution in [1.82, 2.24) is 15.2 Å². The molecule has 5 N–H and O–H groups in total. The lowest BCUT2D eigenvalue weighted by Crippen LogP contribution is -2.51. The van der Waals surface area contributed by atoms with Crippen LogP contribution in [0.5, 0.6) is 0 Å². The maximum Gasteiger partial charge on any atom is 0.254 e. The molecule has 2 aromatic carbocycles. The van der Waals surface area contributed by atoms with Gasteiger partial charge >= 0.3 is 0 Å². The number of amides is 2. The molecule has 1 saturated heterocycles. The van der Waals surface area contributed by atoms with Gasteiger partial charge in [-0.25, -0.2) is 4.98 Å². The van der Waals surface area contributed by atoms with Crippen molar-refractivity contribution in [3.05, 3.63) is 65.2 Å². The molecule has 1 aromatic heterocycles. The van der Waals surface area contributed by atoms with E-state index in [1.54, 1.807) is 29.2 Å². The molecule has 1 unspecified atom stereocenters. The zero-order valence-corrected chi connectivity index (χ0v) is 20.0. The molecular weight excluding hydrogens is 464 g/mol. The minimum atomic E-state index is -0.800. The molecule has 10 heteroatoms. The molecule has 1 aliphatic heterocycles. The van der Waals surface area contributed by atoms with Gasteiger partial charge in [-0.3, -0.25) is 19.4 Å². The van der Waals surface area contributed by atoms with Gasteiger partial charge in [0.05, 0.1) is 16.3 Å². The highest BCUT2D eigenvalue weighted by Gasteiger charge is 2.36. The molecule has 0 aliphatic carbocycles. The summed E-state index contributed by atoms with van der Waals surface area (Å²) >= 11 is 1.30. The summed E-state index contributed by atoms with van der Waals surface area (Å²) in [6.45, 7) is 0.830. The van der Waals surface area contributed by atoms with Crippen LogP contribution in [0.15, 0.2) is 59.6 Å². The first-order chi connectivity index (χ1) is 16.9. The summed E-state index contributed by atoms with van der Waals surface area (Å²) in [6.07, 6.45) is 2.10. The molecule has 0 bridgehead atoms. The average molecular weight is 493 g/mol. The summed E-state index contributed by atoms with van der Waals surface area (Å²) in [5.41, 5.74) is 12.1. The number of hydrogen-bond acceptors (Lipinski definition) is 6. The first-order valence-electron chi connectivity index (χ1n) is 11.6. The van der Waals surface area contributed by atoms with Crippen molar-refractivity contribution in [2.75, 3.05) is 13.1 Å². The van der Waals surface area contributed by atoms with Crippen LogP contribution in [0, 0.1) is 0 Å². The molecular formula is C25H28N6O3S. The predicted molar refractivity (Wildman–Crippen MR) is 136 cm³/mol. The van der Waals surface area contributed by atoms with E-state index in [9.17, 15) is 14.4 Å². The fourth-order valence-corrected chi connectivity index (χ4v) is 5.16. The molecule has 1 aliphatic rings. The topological polar surface area (TPSA) is 144 Å². The second kappa shape index (κ2) is 11.1. The predicted octanol–water partition coefficient (Wildman–Crippen LogP) is 2.32. The van der Waals surface area contributed by atoms with E-state index in [0.717, 1.165) is 16.6 Å². The molecule has 2 heterocycles. The first kappa shape index (κ1) is 24.3. The Balaban J connectivity index is 1.51. The number of aromatic nitrogens is 1. The van der Waals surface area contributed by atoms with Crippen LogP contribution in [0.4, 0.5) is 0 Å². The molecule has 9 nitrogen and oxygen atoms in total. The number of Topliss-reactive ketones (excluding diaryl/α,β-unsaturated/α-hetero) is 1. The van der Waals surface area contributed by atoms with Crippen LogP contribution in [-0.2, 0) is 4.79 Å². The zero-order chi connectivity index (χ0) is 24.8. The first-order valence-corrected chi connectivity index (χ1v) is 12.4. The third kappa shape index (κ3) is 5.83. The van der Waals surface area contributed by atoms with E-state index in [2.05, 4.69) is 15.3 Å². The third-order valence-electron chi connectivity index (χ3n) is 5.92. The van der Waals surface area contributed by atoms with E-state index in [4.69, 9.17) is 11.5 Å². The van der Waals surface area contributed by atoms with Crippen molar-refractivity contribution in [3.63, 3.8) is 0 Å². The number of ketones is 1. The number of carbonyl (C=O) groups is 3. The number of likely N-dealkylation sites (tertiary alicyclic amines) is 1. The normalized spacial score (nSPS) is 16.1. The van der Waals surface area contributed by atoms with Crippen LogP contribution in [0.25, 0.3) is 10.2 Å². The summed E-state index contributed by atoms with van der Waals surface area (Å²) < 4.78 is 0.900. The minimum Gasteiger partial charge on any atom is -0.370 e. The van der Waals surface area contributed by atoms with Crippen LogP contribution in [0.1, 0.15) is 45.8 Å². The summed E-state index contributed by atoms with van der Waals surface area (Å²) in [4.78, 5) is 49.7. The highest BCUT2D eigenvalue weighted by molar-refractivity contribution is 7.20. The molecule has 0 radical (unpaired) electrons. The van der Waals surface area contributed by atoms with Gasteiger partial charge in [0.2, 0.25) is 11.7 Å². The Morgan fingerprint density at radius 2 is 1.86 bits per heavy atom. The number of rotatable bonds is 9. The molecule has 2 amide bonds. The number of hydrogen-bond donors (Lipinski definition) is 3. The van der Waals surface area contributed by atoms with Gasteiger partial charge in [-0.15, -0.1) is 11.3 Å². The van der Waals surface area contributed by atoms with Crippen molar-refractivity contribution >= 4 is 45.1 Å². The molecule has 0 spiro atoms. The van der Waals surface area contributed by atoms with Crippen molar-refractivity contribution in [2.24, 2.45) is 16.5 Å². The Morgan fingerprint density at radius 3 is 2.60 bits per heavy atom. The number of fused-ring (bicyclic) bond motifs is 1. The van der Waals surface area contributed by atoms with Crippen molar-refractivity contribution in [2.45, 2.75) is 37.8 Å². The number of nitrogens with two attached hydrogens (primary N) is 2. The summed E-state index contributed by atoms with van der Waals surface area (Å²) in [5, 5.41) is 3.23.